The highest BCUT2D eigenvalue weighted by Crippen LogP contribution is 2.22. The van der Waals surface area contributed by atoms with Crippen LogP contribution in [-0.2, 0) is 0 Å². The van der Waals surface area contributed by atoms with Gasteiger partial charge in [0, 0.05) is 19.0 Å². The van der Waals surface area contributed by atoms with Crippen LogP contribution in [0.3, 0.4) is 0 Å². The van der Waals surface area contributed by atoms with Crippen molar-refractivity contribution in [2.75, 3.05) is 23.9 Å². The van der Waals surface area contributed by atoms with Gasteiger partial charge in [-0.2, -0.15) is 0 Å². The summed E-state index contributed by atoms with van der Waals surface area (Å²) < 4.78 is 0. The van der Waals surface area contributed by atoms with Crippen molar-refractivity contribution < 1.29 is 0 Å². The molecule has 1 aliphatic rings. The maximum atomic E-state index is 5.87. The first-order valence-electron chi connectivity index (χ1n) is 5.09. The van der Waals surface area contributed by atoms with E-state index in [2.05, 4.69) is 15.1 Å². The molecule has 0 spiro atoms. The van der Waals surface area contributed by atoms with Gasteiger partial charge >= 0.3 is 0 Å². The summed E-state index contributed by atoms with van der Waals surface area (Å²) in [7, 11) is 0. The molecule has 0 N–H and O–H groups in total. The second-order valence-electron chi connectivity index (χ2n) is 3.82. The maximum absolute atomic E-state index is 5.87. The van der Waals surface area contributed by atoms with Crippen LogP contribution in [0.4, 0.5) is 5.82 Å². The van der Waals surface area contributed by atoms with Crippen molar-refractivity contribution in [2.24, 2.45) is 5.92 Å². The minimum Gasteiger partial charge on any atom is -0.355 e. The molecule has 1 aromatic rings. The molecule has 2 rings (SSSR count). The van der Waals surface area contributed by atoms with Gasteiger partial charge in [-0.15, -0.1) is 21.8 Å². The summed E-state index contributed by atoms with van der Waals surface area (Å²) in [5, 5.41) is 8.35. The molecule has 82 valence electrons. The van der Waals surface area contributed by atoms with Crippen molar-refractivity contribution in [1.82, 2.24) is 10.2 Å². The van der Waals surface area contributed by atoms with E-state index < -0.39 is 0 Å². The van der Waals surface area contributed by atoms with Crippen LogP contribution in [-0.4, -0.2) is 29.2 Å². The topological polar surface area (TPSA) is 29.0 Å². The van der Waals surface area contributed by atoms with Crippen molar-refractivity contribution in [3.05, 3.63) is 17.3 Å². The Morgan fingerprint density at radius 2 is 2.27 bits per heavy atom. The first kappa shape index (κ1) is 11.0. The van der Waals surface area contributed by atoms with Crippen LogP contribution in [0.15, 0.2) is 12.1 Å². The number of hydrogen-bond donors (Lipinski definition) is 0. The van der Waals surface area contributed by atoms with Gasteiger partial charge in [-0.25, -0.2) is 0 Å². The molecular weight excluding hydrogens is 233 g/mol. The van der Waals surface area contributed by atoms with Crippen LogP contribution in [0.5, 0.6) is 0 Å². The third-order valence-electron chi connectivity index (χ3n) is 2.68. The van der Waals surface area contributed by atoms with Crippen LogP contribution >= 0.6 is 23.2 Å². The highest BCUT2D eigenvalue weighted by Gasteiger charge is 2.20. The lowest BCUT2D eigenvalue weighted by molar-refractivity contribution is 0.448. The molecule has 0 aliphatic carbocycles. The Morgan fingerprint density at radius 1 is 1.40 bits per heavy atom. The normalized spacial score (nSPS) is 21.7. The van der Waals surface area contributed by atoms with Gasteiger partial charge in [-0.1, -0.05) is 11.6 Å². The zero-order valence-corrected chi connectivity index (χ0v) is 9.88. The molecular formula is C10H13Cl2N3. The smallest absolute Gasteiger partial charge is 0.151 e. The molecule has 1 fully saturated rings. The van der Waals surface area contributed by atoms with Crippen LogP contribution in [0, 0.1) is 5.92 Å². The number of piperidine rings is 1. The van der Waals surface area contributed by atoms with E-state index in [1.54, 1.807) is 6.07 Å². The molecule has 0 amide bonds. The zero-order chi connectivity index (χ0) is 10.7. The predicted molar refractivity (Wildman–Crippen MR) is 62.7 cm³/mol. The number of alkyl halides is 1. The van der Waals surface area contributed by atoms with Crippen molar-refractivity contribution in [2.45, 2.75) is 12.8 Å². The third kappa shape index (κ3) is 2.73. The van der Waals surface area contributed by atoms with Gasteiger partial charge in [0.25, 0.3) is 0 Å². The van der Waals surface area contributed by atoms with Gasteiger partial charge in [-0.3, -0.25) is 0 Å². The van der Waals surface area contributed by atoms with Gasteiger partial charge in [0.15, 0.2) is 11.0 Å². The Bertz CT molecular complexity index is 315. The molecule has 1 atom stereocenters. The molecule has 0 radical (unpaired) electrons. The van der Waals surface area contributed by atoms with Crippen LogP contribution in [0.2, 0.25) is 5.15 Å². The van der Waals surface area contributed by atoms with Gasteiger partial charge < -0.3 is 4.90 Å². The Morgan fingerprint density at radius 3 is 2.93 bits per heavy atom. The summed E-state index contributed by atoms with van der Waals surface area (Å²) in [4.78, 5) is 2.22. The fourth-order valence-electron chi connectivity index (χ4n) is 1.88. The largest absolute Gasteiger partial charge is 0.355 e. The van der Waals surface area contributed by atoms with E-state index in [1.807, 2.05) is 6.07 Å². The first-order chi connectivity index (χ1) is 7.29. The zero-order valence-electron chi connectivity index (χ0n) is 8.37. The number of rotatable bonds is 2. The third-order valence-corrected chi connectivity index (χ3v) is 3.32. The molecule has 1 aromatic heterocycles. The number of nitrogens with zero attached hydrogens (tertiary/aromatic N) is 3. The SMILES string of the molecule is ClCC1CCCN(c2ccc(Cl)nn2)C1. The number of hydrogen-bond acceptors (Lipinski definition) is 3. The van der Waals surface area contributed by atoms with Crippen LogP contribution in [0.1, 0.15) is 12.8 Å². The second-order valence-corrected chi connectivity index (χ2v) is 4.52. The summed E-state index contributed by atoms with van der Waals surface area (Å²) in [6, 6.07) is 3.68. The molecule has 5 heteroatoms. The van der Waals surface area contributed by atoms with Crippen molar-refractivity contribution in [3.8, 4) is 0 Å². The lowest BCUT2D eigenvalue weighted by Gasteiger charge is -2.32. The molecule has 0 bridgehead atoms. The number of halogens is 2. The van der Waals surface area contributed by atoms with Crippen LogP contribution < -0.4 is 4.90 Å². The standard InChI is InChI=1S/C10H13Cl2N3/c11-6-8-2-1-5-15(7-8)10-4-3-9(12)13-14-10/h3-4,8H,1-2,5-7H2. The molecule has 2 heterocycles. The van der Waals surface area contributed by atoms with E-state index in [4.69, 9.17) is 23.2 Å². The highest BCUT2D eigenvalue weighted by molar-refractivity contribution is 6.29. The Kier molecular flexibility index (Phi) is 3.65. The van der Waals surface area contributed by atoms with E-state index >= 15 is 0 Å². The van der Waals surface area contributed by atoms with E-state index in [1.165, 1.54) is 12.8 Å². The minimum absolute atomic E-state index is 0.435. The fourth-order valence-corrected chi connectivity index (χ4v) is 2.23. The average Bonchev–Trinajstić information content (AvgIpc) is 2.30. The van der Waals surface area contributed by atoms with E-state index in [9.17, 15) is 0 Å². The van der Waals surface area contributed by atoms with Gasteiger partial charge in [0.05, 0.1) is 0 Å². The van der Waals surface area contributed by atoms with Gasteiger partial charge in [0.1, 0.15) is 0 Å². The van der Waals surface area contributed by atoms with E-state index in [0.29, 0.717) is 11.1 Å². The quantitative estimate of drug-likeness (QED) is 0.751. The molecule has 15 heavy (non-hydrogen) atoms. The van der Waals surface area contributed by atoms with Gasteiger partial charge in [-0.05, 0) is 30.9 Å². The Hall–Kier alpha value is -0.540. The summed E-state index contributed by atoms with van der Waals surface area (Å²) >= 11 is 11.6. The molecule has 0 aromatic carbocycles. The summed E-state index contributed by atoms with van der Waals surface area (Å²) in [5.41, 5.74) is 0. The summed E-state index contributed by atoms with van der Waals surface area (Å²) in [6.07, 6.45) is 2.38. The van der Waals surface area contributed by atoms with E-state index in [0.717, 1.165) is 24.8 Å². The summed E-state index contributed by atoms with van der Waals surface area (Å²) in [6.45, 7) is 2.00. The maximum Gasteiger partial charge on any atom is 0.151 e. The average molecular weight is 246 g/mol. The fraction of sp³-hybridized carbons (Fsp3) is 0.600. The summed E-state index contributed by atoms with van der Waals surface area (Å²) in [5.74, 6) is 2.18. The molecule has 1 aliphatic heterocycles. The molecule has 1 unspecified atom stereocenters. The Labute approximate surface area is 99.4 Å². The minimum atomic E-state index is 0.435. The van der Waals surface area contributed by atoms with Crippen molar-refractivity contribution in [3.63, 3.8) is 0 Å². The van der Waals surface area contributed by atoms with Crippen molar-refractivity contribution in [1.29, 1.82) is 0 Å². The highest BCUT2D eigenvalue weighted by atomic mass is 35.5. The molecule has 0 saturated carbocycles. The van der Waals surface area contributed by atoms with Crippen molar-refractivity contribution >= 4 is 29.0 Å². The number of aromatic nitrogens is 2. The lowest BCUT2D eigenvalue weighted by Crippen LogP contribution is -2.36. The Balaban J connectivity index is 2.06. The number of anilines is 1. The lowest BCUT2D eigenvalue weighted by atomic mass is 10.0. The molecule has 1 saturated heterocycles. The second kappa shape index (κ2) is 4.99. The molecule has 3 nitrogen and oxygen atoms in total. The monoisotopic (exact) mass is 245 g/mol. The van der Waals surface area contributed by atoms with Crippen LogP contribution in [0.25, 0.3) is 0 Å². The van der Waals surface area contributed by atoms with E-state index in [-0.39, 0.29) is 0 Å². The first-order valence-corrected chi connectivity index (χ1v) is 6.01. The van der Waals surface area contributed by atoms with Gasteiger partial charge in [0.2, 0.25) is 0 Å². The predicted octanol–water partition coefficient (Wildman–Crippen LogP) is 2.59.